The second kappa shape index (κ2) is 8.16. The molecule has 7 heteroatoms. The van der Waals surface area contributed by atoms with Crippen molar-refractivity contribution in [3.8, 4) is 0 Å². The van der Waals surface area contributed by atoms with Gasteiger partial charge in [0.1, 0.15) is 5.69 Å². The Bertz CT molecular complexity index is 881. The normalized spacial score (nSPS) is 14.8. The molecule has 1 aromatic heterocycles. The third kappa shape index (κ3) is 4.42. The highest BCUT2D eigenvalue weighted by molar-refractivity contribution is 5.92. The zero-order chi connectivity index (χ0) is 19.4. The number of aryl methyl sites for hydroxylation is 1. The van der Waals surface area contributed by atoms with E-state index in [1.807, 2.05) is 31.2 Å². The van der Waals surface area contributed by atoms with Crippen LogP contribution in [0.4, 0.5) is 0 Å². The Balaban J connectivity index is 1.72. The van der Waals surface area contributed by atoms with E-state index in [4.69, 9.17) is 4.74 Å². The van der Waals surface area contributed by atoms with Crippen molar-refractivity contribution in [2.24, 2.45) is 5.92 Å². The number of methoxy groups -OCH3 is 1. The lowest BCUT2D eigenvalue weighted by Crippen LogP contribution is -2.41. The van der Waals surface area contributed by atoms with Gasteiger partial charge in [-0.1, -0.05) is 29.8 Å². The van der Waals surface area contributed by atoms with Gasteiger partial charge in [-0.15, -0.1) is 0 Å². The molecule has 0 bridgehead atoms. The van der Waals surface area contributed by atoms with Gasteiger partial charge in [-0.3, -0.25) is 14.4 Å². The van der Waals surface area contributed by atoms with E-state index in [0.717, 1.165) is 11.1 Å². The van der Waals surface area contributed by atoms with E-state index in [9.17, 15) is 14.4 Å². The number of hydrogen-bond donors (Lipinski definition) is 0. The van der Waals surface area contributed by atoms with Gasteiger partial charge in [-0.25, -0.2) is 4.68 Å². The number of rotatable bonds is 4. The van der Waals surface area contributed by atoms with Gasteiger partial charge < -0.3 is 9.64 Å². The maximum Gasteiger partial charge on any atom is 0.308 e. The summed E-state index contributed by atoms with van der Waals surface area (Å²) in [6.07, 6.45) is 1.14. The average Bonchev–Trinajstić information content (AvgIpc) is 2.70. The standard InChI is InChI=1S/C20H23N3O4/c1-14-3-5-15(6-4-14)13-23-18(24)8-7-17(21-23)19(25)22-11-9-16(10-12-22)20(26)27-2/h3-8,16H,9-13H2,1-2H3. The summed E-state index contributed by atoms with van der Waals surface area (Å²) in [6, 6.07) is 10.7. The molecule has 1 aliphatic rings. The highest BCUT2D eigenvalue weighted by Crippen LogP contribution is 2.19. The molecule has 0 saturated carbocycles. The van der Waals surface area contributed by atoms with E-state index in [1.165, 1.54) is 23.9 Å². The molecular weight excluding hydrogens is 346 g/mol. The molecule has 1 aromatic carbocycles. The molecule has 27 heavy (non-hydrogen) atoms. The number of piperidine rings is 1. The highest BCUT2D eigenvalue weighted by atomic mass is 16.5. The Morgan fingerprint density at radius 3 is 2.41 bits per heavy atom. The molecule has 0 radical (unpaired) electrons. The fourth-order valence-electron chi connectivity index (χ4n) is 3.19. The van der Waals surface area contributed by atoms with E-state index in [2.05, 4.69) is 5.10 Å². The van der Waals surface area contributed by atoms with Crippen molar-refractivity contribution in [2.75, 3.05) is 20.2 Å². The van der Waals surface area contributed by atoms with Crippen molar-refractivity contribution in [3.63, 3.8) is 0 Å². The van der Waals surface area contributed by atoms with Crippen molar-refractivity contribution < 1.29 is 14.3 Å². The van der Waals surface area contributed by atoms with Crippen molar-refractivity contribution in [1.82, 2.24) is 14.7 Å². The summed E-state index contributed by atoms with van der Waals surface area (Å²) >= 11 is 0. The molecule has 1 amide bonds. The van der Waals surface area contributed by atoms with Crippen LogP contribution in [0.1, 0.15) is 34.5 Å². The minimum absolute atomic E-state index is 0.164. The third-order valence-corrected chi connectivity index (χ3v) is 4.86. The molecule has 0 N–H and O–H groups in total. The lowest BCUT2D eigenvalue weighted by atomic mass is 9.97. The molecule has 0 spiro atoms. The molecule has 2 heterocycles. The zero-order valence-corrected chi connectivity index (χ0v) is 15.6. The maximum absolute atomic E-state index is 12.7. The fraction of sp³-hybridized carbons (Fsp3) is 0.400. The number of ether oxygens (including phenoxy) is 1. The summed E-state index contributed by atoms with van der Waals surface area (Å²) in [7, 11) is 1.38. The second-order valence-corrected chi connectivity index (χ2v) is 6.79. The monoisotopic (exact) mass is 369 g/mol. The molecule has 1 aliphatic heterocycles. The molecule has 0 unspecified atom stereocenters. The van der Waals surface area contributed by atoms with Crippen LogP contribution < -0.4 is 5.56 Å². The first-order chi connectivity index (χ1) is 13.0. The first kappa shape index (κ1) is 18.8. The first-order valence-corrected chi connectivity index (χ1v) is 8.99. The van der Waals surface area contributed by atoms with E-state index in [-0.39, 0.29) is 29.0 Å². The van der Waals surface area contributed by atoms with Crippen molar-refractivity contribution in [1.29, 1.82) is 0 Å². The van der Waals surface area contributed by atoms with Crippen molar-refractivity contribution in [2.45, 2.75) is 26.3 Å². The van der Waals surface area contributed by atoms with Crippen LogP contribution in [0.25, 0.3) is 0 Å². The van der Waals surface area contributed by atoms with Gasteiger partial charge in [0.15, 0.2) is 0 Å². The van der Waals surface area contributed by atoms with Crippen LogP contribution in [-0.4, -0.2) is 46.8 Å². The predicted octanol–water partition coefficient (Wildman–Crippen LogP) is 1.63. The molecule has 1 fully saturated rings. The molecule has 7 nitrogen and oxygen atoms in total. The number of carbonyl (C=O) groups excluding carboxylic acids is 2. The highest BCUT2D eigenvalue weighted by Gasteiger charge is 2.29. The fourth-order valence-corrected chi connectivity index (χ4v) is 3.19. The van der Waals surface area contributed by atoms with Crippen LogP contribution in [-0.2, 0) is 16.1 Å². The average molecular weight is 369 g/mol. The Hall–Kier alpha value is -2.96. The smallest absolute Gasteiger partial charge is 0.308 e. The Kier molecular flexibility index (Phi) is 5.69. The zero-order valence-electron chi connectivity index (χ0n) is 15.6. The van der Waals surface area contributed by atoms with Crippen LogP contribution >= 0.6 is 0 Å². The number of hydrogen-bond acceptors (Lipinski definition) is 5. The number of benzene rings is 1. The Morgan fingerprint density at radius 2 is 1.78 bits per heavy atom. The molecule has 3 rings (SSSR count). The maximum atomic E-state index is 12.7. The summed E-state index contributed by atoms with van der Waals surface area (Å²) in [5, 5.41) is 4.26. The van der Waals surface area contributed by atoms with Gasteiger partial charge in [0.05, 0.1) is 19.6 Å². The Labute approximate surface area is 157 Å². The summed E-state index contributed by atoms with van der Waals surface area (Å²) in [4.78, 5) is 38.1. The third-order valence-electron chi connectivity index (χ3n) is 4.86. The SMILES string of the molecule is COC(=O)C1CCN(C(=O)c2ccc(=O)n(Cc3ccc(C)cc3)n2)CC1. The molecule has 2 aromatic rings. The molecule has 0 atom stereocenters. The van der Waals surface area contributed by atoms with Gasteiger partial charge in [0.25, 0.3) is 11.5 Å². The number of amides is 1. The lowest BCUT2D eigenvalue weighted by molar-refractivity contribution is -0.146. The van der Waals surface area contributed by atoms with Crippen LogP contribution in [0.3, 0.4) is 0 Å². The Morgan fingerprint density at radius 1 is 1.11 bits per heavy atom. The van der Waals surface area contributed by atoms with Crippen LogP contribution in [0.5, 0.6) is 0 Å². The van der Waals surface area contributed by atoms with Gasteiger partial charge in [0, 0.05) is 19.2 Å². The van der Waals surface area contributed by atoms with Gasteiger partial charge >= 0.3 is 5.97 Å². The predicted molar refractivity (Wildman–Crippen MR) is 99.4 cm³/mol. The minimum Gasteiger partial charge on any atom is -0.469 e. The van der Waals surface area contributed by atoms with Crippen LogP contribution in [0.2, 0.25) is 0 Å². The van der Waals surface area contributed by atoms with E-state index in [0.29, 0.717) is 32.5 Å². The summed E-state index contributed by atoms with van der Waals surface area (Å²) in [5.74, 6) is -0.620. The topological polar surface area (TPSA) is 81.5 Å². The van der Waals surface area contributed by atoms with Crippen LogP contribution in [0.15, 0.2) is 41.2 Å². The summed E-state index contributed by atoms with van der Waals surface area (Å²) in [5.41, 5.74) is 2.06. The molecule has 1 saturated heterocycles. The second-order valence-electron chi connectivity index (χ2n) is 6.79. The number of likely N-dealkylation sites (tertiary alicyclic amines) is 1. The number of nitrogens with zero attached hydrogens (tertiary/aromatic N) is 3. The molecular formula is C20H23N3O4. The minimum atomic E-state index is -0.253. The molecule has 142 valence electrons. The lowest BCUT2D eigenvalue weighted by Gasteiger charge is -2.30. The van der Waals surface area contributed by atoms with Gasteiger partial charge in [-0.2, -0.15) is 5.10 Å². The van der Waals surface area contributed by atoms with Crippen molar-refractivity contribution >= 4 is 11.9 Å². The first-order valence-electron chi connectivity index (χ1n) is 8.99. The largest absolute Gasteiger partial charge is 0.469 e. The van der Waals surface area contributed by atoms with Gasteiger partial charge in [-0.05, 0) is 31.4 Å². The van der Waals surface area contributed by atoms with E-state index >= 15 is 0 Å². The quantitative estimate of drug-likeness (QED) is 0.765. The van der Waals surface area contributed by atoms with Gasteiger partial charge in [0.2, 0.25) is 0 Å². The summed E-state index contributed by atoms with van der Waals surface area (Å²) < 4.78 is 6.07. The molecule has 0 aliphatic carbocycles. The van der Waals surface area contributed by atoms with Crippen molar-refractivity contribution in [3.05, 3.63) is 63.6 Å². The number of carbonyl (C=O) groups is 2. The number of esters is 1. The van der Waals surface area contributed by atoms with Crippen LogP contribution in [0, 0.1) is 12.8 Å². The number of aromatic nitrogens is 2. The van der Waals surface area contributed by atoms with E-state index in [1.54, 1.807) is 4.90 Å². The van der Waals surface area contributed by atoms with E-state index < -0.39 is 0 Å². The summed E-state index contributed by atoms with van der Waals surface area (Å²) in [6.45, 7) is 3.25.